The van der Waals surface area contributed by atoms with Crippen molar-refractivity contribution in [2.24, 2.45) is 0 Å². The number of unbranched alkanes of at least 4 members (excludes halogenated alkanes) is 2. The van der Waals surface area contributed by atoms with Gasteiger partial charge in [0.1, 0.15) is 6.69 Å². The van der Waals surface area contributed by atoms with Crippen molar-refractivity contribution >= 4 is 71.8 Å². The minimum Gasteiger partial charge on any atom is -0.126 e. The summed E-state index contributed by atoms with van der Waals surface area (Å²) < 4.78 is -1.33. The molecule has 0 amide bonds. The standard InChI is InChI=1S/C9H20Br4Si2/c1-3-14(10,4-2)8-6-5-7-9-15(11,12)13/h3-9H2,1-2H3. The molecular weight excluding hydrogens is 484 g/mol. The van der Waals surface area contributed by atoms with Crippen LogP contribution in [0.15, 0.2) is 0 Å². The molecule has 0 bridgehead atoms. The molecule has 0 atom stereocenters. The Morgan fingerprint density at radius 1 is 0.733 bits per heavy atom. The van der Waals surface area contributed by atoms with Crippen molar-refractivity contribution in [1.82, 2.24) is 0 Å². The van der Waals surface area contributed by atoms with Crippen molar-refractivity contribution in [3.05, 3.63) is 0 Å². The molecule has 0 radical (unpaired) electrons. The number of hydrogen-bond donors (Lipinski definition) is 0. The van der Waals surface area contributed by atoms with E-state index in [0.29, 0.717) is 0 Å². The quantitative estimate of drug-likeness (QED) is 0.197. The van der Waals surface area contributed by atoms with Gasteiger partial charge in [0.15, 0.2) is 0 Å². The fraction of sp³-hybridized carbons (Fsp3) is 1.00. The van der Waals surface area contributed by atoms with E-state index in [1.54, 1.807) is 0 Å². The SMILES string of the molecule is CC[Si](Br)(CC)CCCCC[Si](Br)(Br)Br. The Labute approximate surface area is 128 Å². The first-order chi connectivity index (χ1) is 6.83. The zero-order chi connectivity index (χ0) is 11.9. The Kier molecular flexibility index (Phi) is 9.78. The molecule has 0 spiro atoms. The molecular formula is C9H20Br4Si2. The predicted molar refractivity (Wildman–Crippen MR) is 91.6 cm³/mol. The van der Waals surface area contributed by atoms with Gasteiger partial charge in [0.2, 0.25) is 0 Å². The molecule has 92 valence electrons. The van der Waals surface area contributed by atoms with Gasteiger partial charge in [0.05, 0.1) is 0 Å². The molecule has 0 aliphatic heterocycles. The fourth-order valence-corrected chi connectivity index (χ4v) is 7.65. The summed E-state index contributed by atoms with van der Waals surface area (Å²) in [6, 6.07) is 5.46. The highest BCUT2D eigenvalue weighted by molar-refractivity contribution is 9.72. The molecule has 0 heterocycles. The summed E-state index contributed by atoms with van der Waals surface area (Å²) in [6.07, 6.45) is 4.10. The largest absolute Gasteiger partial charge is 0.267 e. The Balaban J connectivity index is 3.54. The van der Waals surface area contributed by atoms with Crippen LogP contribution in [0.5, 0.6) is 0 Å². The number of hydrogen-bond acceptors (Lipinski definition) is 0. The zero-order valence-electron chi connectivity index (χ0n) is 9.46. The monoisotopic (exact) mass is 500 g/mol. The van der Waals surface area contributed by atoms with E-state index in [1.807, 2.05) is 0 Å². The second kappa shape index (κ2) is 8.45. The van der Waals surface area contributed by atoms with Crippen molar-refractivity contribution in [2.75, 3.05) is 0 Å². The Hall–Kier alpha value is 2.35. The van der Waals surface area contributed by atoms with Crippen LogP contribution < -0.4 is 0 Å². The summed E-state index contributed by atoms with van der Waals surface area (Å²) in [5.41, 5.74) is 0. The van der Waals surface area contributed by atoms with E-state index in [4.69, 9.17) is 0 Å². The number of rotatable bonds is 8. The summed E-state index contributed by atoms with van der Waals surface area (Å²) in [5.74, 6) is 0. The van der Waals surface area contributed by atoms with Crippen molar-refractivity contribution < 1.29 is 0 Å². The minimum atomic E-state index is -1.33. The molecule has 0 aliphatic rings. The van der Waals surface area contributed by atoms with Crippen molar-refractivity contribution in [3.8, 4) is 0 Å². The smallest absolute Gasteiger partial charge is 0.126 e. The molecule has 15 heavy (non-hydrogen) atoms. The van der Waals surface area contributed by atoms with Gasteiger partial charge < -0.3 is 0 Å². The maximum Gasteiger partial charge on any atom is 0.267 e. The lowest BCUT2D eigenvalue weighted by molar-refractivity contribution is 0.760. The van der Waals surface area contributed by atoms with Gasteiger partial charge in [-0.1, -0.05) is 91.1 Å². The summed E-state index contributed by atoms with van der Waals surface area (Å²) in [5, 5.41) is 0. The summed E-state index contributed by atoms with van der Waals surface area (Å²) in [4.78, 5) is 0. The van der Waals surface area contributed by atoms with Crippen LogP contribution in [0, 0.1) is 0 Å². The van der Waals surface area contributed by atoms with E-state index < -0.39 is 10.6 Å². The predicted octanol–water partition coefficient (Wildman–Crippen LogP) is 6.66. The van der Waals surface area contributed by atoms with Gasteiger partial charge in [-0.2, -0.15) is 0 Å². The van der Waals surface area contributed by atoms with Gasteiger partial charge in [0, 0.05) is 0 Å². The minimum absolute atomic E-state index is 1.00. The average molecular weight is 504 g/mol. The third-order valence-electron chi connectivity index (χ3n) is 2.85. The van der Waals surface area contributed by atoms with Gasteiger partial charge in [-0.05, 0) is 12.1 Å². The lowest BCUT2D eigenvalue weighted by Crippen LogP contribution is -2.23. The van der Waals surface area contributed by atoms with Crippen LogP contribution in [-0.2, 0) is 0 Å². The second-order valence-corrected chi connectivity index (χ2v) is 36.8. The molecule has 0 rings (SSSR count). The van der Waals surface area contributed by atoms with E-state index in [0.717, 1.165) is 0 Å². The molecule has 6 heteroatoms. The maximum atomic E-state index is 3.99. The molecule has 0 saturated carbocycles. The first kappa shape index (κ1) is 17.4. The molecule has 0 fully saturated rings. The Morgan fingerprint density at radius 2 is 1.20 bits per heavy atom. The molecule has 0 saturated heterocycles. The third kappa shape index (κ3) is 10.0. The second-order valence-electron chi connectivity index (χ2n) is 4.03. The van der Waals surface area contributed by atoms with Crippen LogP contribution in [0.1, 0.15) is 33.1 Å². The topological polar surface area (TPSA) is 0 Å². The summed E-state index contributed by atoms with van der Waals surface area (Å²) in [7, 11) is 0. The Morgan fingerprint density at radius 3 is 1.60 bits per heavy atom. The van der Waals surface area contributed by atoms with Crippen LogP contribution in [0.25, 0.3) is 0 Å². The van der Waals surface area contributed by atoms with Crippen molar-refractivity contribution in [2.45, 2.75) is 57.3 Å². The van der Waals surface area contributed by atoms with Gasteiger partial charge in [-0.3, -0.25) is 0 Å². The lowest BCUT2D eigenvalue weighted by Gasteiger charge is -2.21. The molecule has 0 aromatic carbocycles. The fourth-order valence-electron chi connectivity index (χ4n) is 1.55. The van der Waals surface area contributed by atoms with Gasteiger partial charge in [-0.15, -0.1) is 15.3 Å². The molecule has 0 aromatic rings. The van der Waals surface area contributed by atoms with Gasteiger partial charge in [-0.25, -0.2) is 0 Å². The van der Waals surface area contributed by atoms with E-state index in [9.17, 15) is 0 Å². The van der Waals surface area contributed by atoms with Crippen LogP contribution in [-0.4, -0.2) is 10.6 Å². The molecule has 0 unspecified atom stereocenters. The molecule has 0 nitrogen and oxygen atoms in total. The first-order valence-corrected chi connectivity index (χ1v) is 19.4. The number of halogens is 4. The van der Waals surface area contributed by atoms with E-state index in [2.05, 4.69) is 75.0 Å². The van der Waals surface area contributed by atoms with Gasteiger partial charge in [0.25, 0.3) is 3.93 Å². The molecule has 0 aromatic heterocycles. The highest BCUT2D eigenvalue weighted by Crippen LogP contribution is 2.35. The summed E-state index contributed by atoms with van der Waals surface area (Å²) >= 11 is 15.0. The molecule has 0 aliphatic carbocycles. The highest BCUT2D eigenvalue weighted by Gasteiger charge is 2.25. The van der Waals surface area contributed by atoms with E-state index in [-0.39, 0.29) is 0 Å². The normalized spacial score (nSPS) is 13.2. The summed E-state index contributed by atoms with van der Waals surface area (Å²) in [6.45, 7) is 3.66. The van der Waals surface area contributed by atoms with Crippen LogP contribution in [0.4, 0.5) is 0 Å². The van der Waals surface area contributed by atoms with E-state index in [1.165, 1.54) is 43.4 Å². The van der Waals surface area contributed by atoms with Crippen LogP contribution in [0.2, 0.25) is 24.2 Å². The maximum absolute atomic E-state index is 3.99. The first-order valence-electron chi connectivity index (χ1n) is 5.58. The Bertz CT molecular complexity index is 166. The lowest BCUT2D eigenvalue weighted by atomic mass is 10.3. The third-order valence-corrected chi connectivity index (χ3v) is 15.7. The van der Waals surface area contributed by atoms with Gasteiger partial charge >= 0.3 is 0 Å². The van der Waals surface area contributed by atoms with E-state index >= 15 is 0 Å². The van der Waals surface area contributed by atoms with Crippen LogP contribution in [0.3, 0.4) is 0 Å². The van der Waals surface area contributed by atoms with Crippen molar-refractivity contribution in [1.29, 1.82) is 0 Å². The highest BCUT2D eigenvalue weighted by atomic mass is 80.0. The van der Waals surface area contributed by atoms with Crippen molar-refractivity contribution in [3.63, 3.8) is 0 Å². The molecule has 0 N–H and O–H groups in total. The zero-order valence-corrected chi connectivity index (χ0v) is 17.8. The average Bonchev–Trinajstić information content (AvgIpc) is 2.15. The van der Waals surface area contributed by atoms with Crippen LogP contribution >= 0.6 is 61.2 Å².